The lowest BCUT2D eigenvalue weighted by Crippen LogP contribution is -2.27. The van der Waals surface area contributed by atoms with Crippen molar-refractivity contribution in [3.05, 3.63) is 35.9 Å². The predicted molar refractivity (Wildman–Crippen MR) is 77.3 cm³/mol. The number of hydrogen-bond donors (Lipinski definition) is 0. The van der Waals surface area contributed by atoms with Gasteiger partial charge in [0.2, 0.25) is 0 Å². The van der Waals surface area contributed by atoms with E-state index in [9.17, 15) is 0 Å². The van der Waals surface area contributed by atoms with E-state index in [1.165, 1.54) is 18.4 Å². The molecule has 1 aromatic rings. The first kappa shape index (κ1) is 14.3. The average molecular weight is 232 g/mol. The molecule has 0 radical (unpaired) electrons. The molecule has 0 amide bonds. The maximum absolute atomic E-state index is 2.40. The quantitative estimate of drug-likeness (QED) is 0.635. The maximum atomic E-state index is 2.40. The summed E-state index contributed by atoms with van der Waals surface area (Å²) in [5.41, 5.74) is 2.13. The fraction of sp³-hybridized carbons (Fsp3) is 0.647. The zero-order valence-corrected chi connectivity index (χ0v) is 12.4. The van der Waals surface area contributed by atoms with E-state index in [2.05, 4.69) is 71.9 Å². The number of rotatable bonds is 5. The van der Waals surface area contributed by atoms with Crippen molar-refractivity contribution in [2.24, 2.45) is 11.3 Å². The van der Waals surface area contributed by atoms with Crippen LogP contribution in [0.1, 0.15) is 59.9 Å². The van der Waals surface area contributed by atoms with E-state index in [4.69, 9.17) is 0 Å². The summed E-state index contributed by atoms with van der Waals surface area (Å²) in [6.45, 7) is 14.2. The molecule has 96 valence electrons. The smallest absolute Gasteiger partial charge is 0.00985 e. The Balaban J connectivity index is 2.79. The Kier molecular flexibility index (Phi) is 4.41. The van der Waals surface area contributed by atoms with Gasteiger partial charge in [0.25, 0.3) is 0 Å². The molecule has 0 fully saturated rings. The highest BCUT2D eigenvalue weighted by molar-refractivity contribution is 5.23. The Labute approximate surface area is 107 Å². The number of benzene rings is 1. The largest absolute Gasteiger partial charge is 0.0628 e. The van der Waals surface area contributed by atoms with Crippen molar-refractivity contribution in [2.45, 2.75) is 59.8 Å². The van der Waals surface area contributed by atoms with Crippen LogP contribution in [0.2, 0.25) is 0 Å². The van der Waals surface area contributed by atoms with Gasteiger partial charge in [-0.2, -0.15) is 0 Å². The second kappa shape index (κ2) is 5.25. The summed E-state index contributed by atoms with van der Waals surface area (Å²) in [5, 5.41) is 0. The number of hydrogen-bond acceptors (Lipinski definition) is 0. The Morgan fingerprint density at radius 1 is 0.941 bits per heavy atom. The molecule has 0 nitrogen and oxygen atoms in total. The molecule has 1 rings (SSSR count). The maximum Gasteiger partial charge on any atom is -0.00985 e. The van der Waals surface area contributed by atoms with Crippen molar-refractivity contribution >= 4 is 0 Å². The molecule has 0 atom stereocenters. The molecule has 0 aliphatic rings. The summed E-state index contributed by atoms with van der Waals surface area (Å²) < 4.78 is 0. The van der Waals surface area contributed by atoms with Crippen LogP contribution in [0.3, 0.4) is 0 Å². The molecule has 0 saturated heterocycles. The van der Waals surface area contributed by atoms with Gasteiger partial charge in [0.1, 0.15) is 0 Å². The summed E-state index contributed by atoms with van der Waals surface area (Å²) in [4.78, 5) is 0. The molecular weight excluding hydrogens is 204 g/mol. The van der Waals surface area contributed by atoms with Crippen LogP contribution >= 0.6 is 0 Å². The van der Waals surface area contributed by atoms with Crippen molar-refractivity contribution in [1.29, 1.82) is 0 Å². The van der Waals surface area contributed by atoms with E-state index in [0.29, 0.717) is 5.41 Å². The normalized spacial score (nSPS) is 13.1. The van der Waals surface area contributed by atoms with Crippen LogP contribution in [-0.4, -0.2) is 0 Å². The van der Waals surface area contributed by atoms with E-state index in [0.717, 1.165) is 5.92 Å². The minimum absolute atomic E-state index is 0.264. The van der Waals surface area contributed by atoms with Crippen LogP contribution in [0.4, 0.5) is 0 Å². The van der Waals surface area contributed by atoms with Crippen molar-refractivity contribution in [2.75, 3.05) is 0 Å². The Bertz CT molecular complexity index is 330. The van der Waals surface area contributed by atoms with Gasteiger partial charge < -0.3 is 0 Å². The standard InChI is InChI=1S/C17H28/c1-14(2)12-16(3,4)13-17(5,6)15-10-8-7-9-11-15/h7-11,14H,12-13H2,1-6H3. The first-order valence-electron chi connectivity index (χ1n) is 6.78. The van der Waals surface area contributed by atoms with Crippen LogP contribution in [0, 0.1) is 11.3 Å². The minimum atomic E-state index is 0.264. The fourth-order valence-electron chi connectivity index (χ4n) is 3.37. The van der Waals surface area contributed by atoms with Crippen molar-refractivity contribution in [1.82, 2.24) is 0 Å². The Morgan fingerprint density at radius 3 is 1.94 bits per heavy atom. The van der Waals surface area contributed by atoms with E-state index >= 15 is 0 Å². The van der Waals surface area contributed by atoms with Gasteiger partial charge in [-0.3, -0.25) is 0 Å². The molecule has 0 heteroatoms. The first-order valence-corrected chi connectivity index (χ1v) is 6.78. The van der Waals surface area contributed by atoms with Crippen LogP contribution in [0.25, 0.3) is 0 Å². The molecule has 0 aliphatic carbocycles. The fourth-order valence-corrected chi connectivity index (χ4v) is 3.37. The molecule has 1 aromatic carbocycles. The van der Waals surface area contributed by atoms with Gasteiger partial charge in [-0.05, 0) is 35.2 Å². The van der Waals surface area contributed by atoms with Crippen LogP contribution in [0.5, 0.6) is 0 Å². The van der Waals surface area contributed by atoms with E-state index in [1.807, 2.05) is 0 Å². The summed E-state index contributed by atoms with van der Waals surface area (Å²) >= 11 is 0. The third-order valence-corrected chi connectivity index (χ3v) is 3.44. The summed E-state index contributed by atoms with van der Waals surface area (Å²) in [5.74, 6) is 0.775. The SMILES string of the molecule is CC(C)CC(C)(C)CC(C)(C)c1ccccc1. The lowest BCUT2D eigenvalue weighted by Gasteiger charge is -2.36. The highest BCUT2D eigenvalue weighted by atomic mass is 14.3. The summed E-state index contributed by atoms with van der Waals surface area (Å²) in [6.07, 6.45) is 2.53. The van der Waals surface area contributed by atoms with Gasteiger partial charge in [0.05, 0.1) is 0 Å². The molecule has 0 aliphatic heterocycles. The minimum Gasteiger partial charge on any atom is -0.0628 e. The lowest BCUT2D eigenvalue weighted by molar-refractivity contribution is 0.212. The van der Waals surface area contributed by atoms with Crippen LogP contribution in [0.15, 0.2) is 30.3 Å². The summed E-state index contributed by atoms with van der Waals surface area (Å²) in [6, 6.07) is 10.9. The summed E-state index contributed by atoms with van der Waals surface area (Å²) in [7, 11) is 0. The van der Waals surface area contributed by atoms with Gasteiger partial charge >= 0.3 is 0 Å². The lowest BCUT2D eigenvalue weighted by atomic mass is 9.69. The van der Waals surface area contributed by atoms with Crippen molar-refractivity contribution < 1.29 is 0 Å². The molecule has 0 bridgehead atoms. The van der Waals surface area contributed by atoms with E-state index in [1.54, 1.807) is 0 Å². The first-order chi connectivity index (χ1) is 7.73. The third kappa shape index (κ3) is 4.53. The highest BCUT2D eigenvalue weighted by Gasteiger charge is 2.30. The monoisotopic (exact) mass is 232 g/mol. The van der Waals surface area contributed by atoms with Gasteiger partial charge in [-0.1, -0.05) is 71.9 Å². The van der Waals surface area contributed by atoms with Crippen molar-refractivity contribution in [3.8, 4) is 0 Å². The predicted octanol–water partition coefficient (Wildman–Crippen LogP) is 5.43. The Morgan fingerprint density at radius 2 is 1.47 bits per heavy atom. The molecule has 0 spiro atoms. The van der Waals surface area contributed by atoms with E-state index in [-0.39, 0.29) is 5.41 Å². The van der Waals surface area contributed by atoms with Gasteiger partial charge in [-0.25, -0.2) is 0 Å². The zero-order chi connectivity index (χ0) is 13.1. The molecule has 0 heterocycles. The zero-order valence-electron chi connectivity index (χ0n) is 12.4. The molecule has 0 N–H and O–H groups in total. The van der Waals surface area contributed by atoms with Crippen LogP contribution < -0.4 is 0 Å². The van der Waals surface area contributed by atoms with Gasteiger partial charge in [0, 0.05) is 0 Å². The molecule has 0 aromatic heterocycles. The molecule has 0 unspecified atom stereocenters. The van der Waals surface area contributed by atoms with Crippen molar-refractivity contribution in [3.63, 3.8) is 0 Å². The topological polar surface area (TPSA) is 0 Å². The molecule has 17 heavy (non-hydrogen) atoms. The van der Waals surface area contributed by atoms with Gasteiger partial charge in [0.15, 0.2) is 0 Å². The van der Waals surface area contributed by atoms with E-state index < -0.39 is 0 Å². The molecular formula is C17H28. The highest BCUT2D eigenvalue weighted by Crippen LogP contribution is 2.39. The third-order valence-electron chi connectivity index (χ3n) is 3.44. The van der Waals surface area contributed by atoms with Crippen LogP contribution in [-0.2, 0) is 5.41 Å². The molecule has 0 saturated carbocycles. The van der Waals surface area contributed by atoms with Gasteiger partial charge in [-0.15, -0.1) is 0 Å². The Hall–Kier alpha value is -0.780. The second-order valence-corrected chi connectivity index (χ2v) is 7.19. The second-order valence-electron chi connectivity index (χ2n) is 7.19. The average Bonchev–Trinajstić information content (AvgIpc) is 2.15.